The minimum atomic E-state index is 0.223. The number of rotatable bonds is 4. The maximum atomic E-state index is 6.01. The Hall–Kier alpha value is -0.800. The summed E-state index contributed by atoms with van der Waals surface area (Å²) in [4.78, 5) is 0.521. The van der Waals surface area contributed by atoms with Crippen LogP contribution in [0.4, 0.5) is 5.69 Å². The molecule has 1 rings (SSSR count). The fraction of sp³-hybridized carbons (Fsp3) is 0.364. The van der Waals surface area contributed by atoms with Gasteiger partial charge in [-0.05, 0) is 31.5 Å². The molecule has 0 saturated carbocycles. The molecule has 1 aromatic carbocycles. The molecule has 0 heterocycles. The summed E-state index contributed by atoms with van der Waals surface area (Å²) in [7, 11) is 0. The summed E-state index contributed by atoms with van der Waals surface area (Å²) < 4.78 is 0. The van der Waals surface area contributed by atoms with Gasteiger partial charge in [-0.2, -0.15) is 0 Å². The highest BCUT2D eigenvalue weighted by molar-refractivity contribution is 7.80. The quantitative estimate of drug-likeness (QED) is 0.797. The van der Waals surface area contributed by atoms with Gasteiger partial charge in [0.2, 0.25) is 0 Å². The van der Waals surface area contributed by atoms with Crippen molar-refractivity contribution in [3.8, 4) is 0 Å². The summed E-state index contributed by atoms with van der Waals surface area (Å²) in [6, 6.07) is 6.11. The van der Waals surface area contributed by atoms with Gasteiger partial charge in [0.1, 0.15) is 0 Å². The molecule has 0 aliphatic heterocycles. The monoisotopic (exact) mass is 242 g/mol. The molecule has 0 bridgehead atoms. The van der Waals surface area contributed by atoms with Crippen molar-refractivity contribution >= 4 is 34.5 Å². The van der Waals surface area contributed by atoms with Crippen LogP contribution in [0.15, 0.2) is 18.2 Å². The zero-order chi connectivity index (χ0) is 11.4. The van der Waals surface area contributed by atoms with E-state index in [0.29, 0.717) is 11.4 Å². The number of hydrogen-bond donors (Lipinski definition) is 2. The molecule has 2 nitrogen and oxygen atoms in total. The van der Waals surface area contributed by atoms with Gasteiger partial charge < -0.3 is 11.1 Å². The maximum Gasteiger partial charge on any atom is 0.0747 e. The summed E-state index contributed by atoms with van der Waals surface area (Å²) in [5.41, 5.74) is 7.53. The maximum absolute atomic E-state index is 6.01. The highest BCUT2D eigenvalue weighted by Gasteiger charge is 2.04. The third-order valence-electron chi connectivity index (χ3n) is 2.09. The summed E-state index contributed by atoms with van der Waals surface area (Å²) >= 11 is 10.9. The second-order valence-electron chi connectivity index (χ2n) is 3.68. The molecule has 1 atom stereocenters. The Morgan fingerprint density at radius 3 is 2.80 bits per heavy atom. The zero-order valence-corrected chi connectivity index (χ0v) is 10.5. The van der Waals surface area contributed by atoms with Gasteiger partial charge in [0.25, 0.3) is 0 Å². The first-order valence-electron chi connectivity index (χ1n) is 4.80. The lowest BCUT2D eigenvalue weighted by molar-refractivity contribution is 0.839. The highest BCUT2D eigenvalue weighted by atomic mass is 35.5. The fourth-order valence-corrected chi connectivity index (χ4v) is 1.75. The molecule has 0 amide bonds. The average Bonchev–Trinajstić information content (AvgIpc) is 2.10. The van der Waals surface area contributed by atoms with Crippen LogP contribution >= 0.6 is 23.8 Å². The Kier molecular flexibility index (Phi) is 4.36. The molecule has 82 valence electrons. The number of aryl methyl sites for hydroxylation is 1. The number of anilines is 1. The molecule has 0 aliphatic carbocycles. The van der Waals surface area contributed by atoms with E-state index in [1.54, 1.807) is 0 Å². The standard InChI is InChI=1S/C11H15ClN2S/c1-7-3-4-9(6-10(7)12)14-8(2)5-11(13)15/h3-4,6,8,14H,5H2,1-2H3,(H2,13,15). The Bertz CT molecular complexity index is 366. The molecule has 0 radical (unpaired) electrons. The predicted octanol–water partition coefficient (Wildman–Crippen LogP) is 3.13. The summed E-state index contributed by atoms with van der Waals surface area (Å²) in [6.07, 6.45) is 0.681. The van der Waals surface area contributed by atoms with Crippen LogP contribution in [-0.2, 0) is 0 Å². The Morgan fingerprint density at radius 1 is 1.60 bits per heavy atom. The molecule has 1 aromatic rings. The van der Waals surface area contributed by atoms with Crippen molar-refractivity contribution < 1.29 is 0 Å². The second-order valence-corrected chi connectivity index (χ2v) is 4.61. The first-order chi connectivity index (χ1) is 6.99. The topological polar surface area (TPSA) is 38.0 Å². The number of benzene rings is 1. The molecule has 3 N–H and O–H groups in total. The van der Waals surface area contributed by atoms with E-state index in [1.165, 1.54) is 0 Å². The molecule has 0 saturated heterocycles. The minimum absolute atomic E-state index is 0.223. The van der Waals surface area contributed by atoms with E-state index >= 15 is 0 Å². The molecule has 15 heavy (non-hydrogen) atoms. The lowest BCUT2D eigenvalue weighted by Crippen LogP contribution is -2.22. The first kappa shape index (κ1) is 12.3. The SMILES string of the molecule is Cc1ccc(NC(C)CC(N)=S)cc1Cl. The molecular formula is C11H15ClN2S. The van der Waals surface area contributed by atoms with Crippen molar-refractivity contribution in [2.45, 2.75) is 26.3 Å². The van der Waals surface area contributed by atoms with Crippen molar-refractivity contribution in [2.24, 2.45) is 5.73 Å². The first-order valence-corrected chi connectivity index (χ1v) is 5.58. The molecule has 4 heteroatoms. The molecule has 0 spiro atoms. The number of thiocarbonyl (C=S) groups is 1. The predicted molar refractivity (Wildman–Crippen MR) is 70.7 cm³/mol. The van der Waals surface area contributed by atoms with Crippen LogP contribution in [0, 0.1) is 6.92 Å². The summed E-state index contributed by atoms with van der Waals surface area (Å²) in [5, 5.41) is 4.06. The van der Waals surface area contributed by atoms with Crippen molar-refractivity contribution in [2.75, 3.05) is 5.32 Å². The van der Waals surface area contributed by atoms with E-state index in [2.05, 4.69) is 5.32 Å². The number of nitrogens with one attached hydrogen (secondary N) is 1. The minimum Gasteiger partial charge on any atom is -0.393 e. The van der Waals surface area contributed by atoms with Gasteiger partial charge in [-0.25, -0.2) is 0 Å². The Labute approximate surface area is 101 Å². The van der Waals surface area contributed by atoms with Crippen LogP contribution < -0.4 is 11.1 Å². The van der Waals surface area contributed by atoms with Crippen LogP contribution in [0.2, 0.25) is 5.02 Å². The Morgan fingerprint density at radius 2 is 2.27 bits per heavy atom. The lowest BCUT2D eigenvalue weighted by atomic mass is 10.2. The fourth-order valence-electron chi connectivity index (χ4n) is 1.32. The van der Waals surface area contributed by atoms with Crippen LogP contribution in [0.5, 0.6) is 0 Å². The van der Waals surface area contributed by atoms with Gasteiger partial charge in [-0.3, -0.25) is 0 Å². The van der Waals surface area contributed by atoms with E-state index in [4.69, 9.17) is 29.6 Å². The number of hydrogen-bond acceptors (Lipinski definition) is 2. The van der Waals surface area contributed by atoms with Crippen molar-refractivity contribution in [1.82, 2.24) is 0 Å². The largest absolute Gasteiger partial charge is 0.393 e. The van der Waals surface area contributed by atoms with Gasteiger partial charge in [0.15, 0.2) is 0 Å². The molecular weight excluding hydrogens is 228 g/mol. The Balaban J connectivity index is 2.64. The van der Waals surface area contributed by atoms with E-state index in [-0.39, 0.29) is 6.04 Å². The molecule has 0 fully saturated rings. The van der Waals surface area contributed by atoms with Crippen LogP contribution in [0.25, 0.3) is 0 Å². The third kappa shape index (κ3) is 4.06. The van der Waals surface area contributed by atoms with Crippen LogP contribution in [0.3, 0.4) is 0 Å². The molecule has 0 aromatic heterocycles. The highest BCUT2D eigenvalue weighted by Crippen LogP contribution is 2.20. The summed E-state index contributed by atoms with van der Waals surface area (Å²) in [6.45, 7) is 4.01. The van der Waals surface area contributed by atoms with Gasteiger partial charge in [0.05, 0.1) is 4.99 Å². The lowest BCUT2D eigenvalue weighted by Gasteiger charge is -2.14. The van der Waals surface area contributed by atoms with Crippen molar-refractivity contribution in [1.29, 1.82) is 0 Å². The van der Waals surface area contributed by atoms with E-state index < -0.39 is 0 Å². The average molecular weight is 243 g/mol. The smallest absolute Gasteiger partial charge is 0.0747 e. The van der Waals surface area contributed by atoms with Gasteiger partial charge in [-0.1, -0.05) is 29.9 Å². The van der Waals surface area contributed by atoms with Crippen LogP contribution in [-0.4, -0.2) is 11.0 Å². The van der Waals surface area contributed by atoms with E-state index in [1.807, 2.05) is 32.0 Å². The number of nitrogens with two attached hydrogens (primary N) is 1. The van der Waals surface area contributed by atoms with Gasteiger partial charge >= 0.3 is 0 Å². The van der Waals surface area contributed by atoms with E-state index in [0.717, 1.165) is 16.3 Å². The third-order valence-corrected chi connectivity index (χ3v) is 2.67. The molecule has 1 unspecified atom stereocenters. The second kappa shape index (κ2) is 5.33. The van der Waals surface area contributed by atoms with Crippen molar-refractivity contribution in [3.63, 3.8) is 0 Å². The van der Waals surface area contributed by atoms with Crippen LogP contribution in [0.1, 0.15) is 18.9 Å². The number of halogens is 1. The van der Waals surface area contributed by atoms with Gasteiger partial charge in [-0.15, -0.1) is 0 Å². The van der Waals surface area contributed by atoms with Gasteiger partial charge in [0, 0.05) is 23.2 Å². The summed E-state index contributed by atoms with van der Waals surface area (Å²) in [5.74, 6) is 0. The van der Waals surface area contributed by atoms with E-state index in [9.17, 15) is 0 Å². The molecule has 0 aliphatic rings. The van der Waals surface area contributed by atoms with Crippen molar-refractivity contribution in [3.05, 3.63) is 28.8 Å². The normalized spacial score (nSPS) is 12.2. The zero-order valence-electron chi connectivity index (χ0n) is 8.88.